The molecule has 1 atom stereocenters. The van der Waals surface area contributed by atoms with Gasteiger partial charge in [0.1, 0.15) is 5.75 Å². The topological polar surface area (TPSA) is 101 Å². The molecule has 0 radical (unpaired) electrons. The van der Waals surface area contributed by atoms with Crippen molar-refractivity contribution in [2.45, 2.75) is 45.4 Å². The van der Waals surface area contributed by atoms with E-state index in [1.165, 1.54) is 19.1 Å². The van der Waals surface area contributed by atoms with E-state index in [0.717, 1.165) is 12.8 Å². The number of hydrazine groups is 1. The number of carbonyl (C=O) groups is 3. The zero-order valence-corrected chi connectivity index (χ0v) is 18.5. The number of hydrogen-bond acceptors (Lipinski definition) is 5. The summed E-state index contributed by atoms with van der Waals surface area (Å²) < 4.78 is 10.8. The monoisotopic (exact) mass is 441 g/mol. The second-order valence-electron chi connectivity index (χ2n) is 7.94. The number of ether oxygens (including phenoxy) is 1. The molecule has 1 aliphatic rings. The van der Waals surface area contributed by atoms with Crippen molar-refractivity contribution >= 4 is 17.7 Å². The Balaban J connectivity index is 1.43. The highest BCUT2D eigenvalue weighted by atomic mass is 16.5. The van der Waals surface area contributed by atoms with Gasteiger partial charge in [0, 0.05) is 18.7 Å². The van der Waals surface area contributed by atoms with E-state index in [1.54, 1.807) is 41.3 Å². The molecule has 1 aliphatic heterocycles. The number of rotatable bonds is 9. The summed E-state index contributed by atoms with van der Waals surface area (Å²) in [5.41, 5.74) is 5.35. The number of nitrogens with zero attached hydrogens (tertiary/aromatic N) is 1. The molecule has 8 heteroatoms. The molecule has 2 aromatic rings. The summed E-state index contributed by atoms with van der Waals surface area (Å²) in [6, 6.07) is 10.1. The number of hydrogen-bond donors (Lipinski definition) is 2. The fourth-order valence-electron chi connectivity index (χ4n) is 3.65. The molecule has 0 saturated carbocycles. The predicted octanol–water partition coefficient (Wildman–Crippen LogP) is 3.55. The van der Waals surface area contributed by atoms with Gasteiger partial charge in [-0.1, -0.05) is 26.2 Å². The lowest BCUT2D eigenvalue weighted by molar-refractivity contribution is -0.127. The van der Waals surface area contributed by atoms with E-state index in [-0.39, 0.29) is 24.1 Å². The van der Waals surface area contributed by atoms with E-state index in [4.69, 9.17) is 9.15 Å². The van der Waals surface area contributed by atoms with Crippen molar-refractivity contribution in [2.75, 3.05) is 19.7 Å². The first kappa shape index (κ1) is 23.4. The van der Waals surface area contributed by atoms with Crippen molar-refractivity contribution < 1.29 is 23.5 Å². The number of nitrogens with one attached hydrogen (secondary N) is 2. The molecule has 1 aromatic carbocycles. The van der Waals surface area contributed by atoms with E-state index in [0.29, 0.717) is 37.3 Å². The van der Waals surface area contributed by atoms with Crippen LogP contribution < -0.4 is 15.6 Å². The van der Waals surface area contributed by atoms with Gasteiger partial charge in [0.05, 0.1) is 18.8 Å². The first-order valence-electron chi connectivity index (χ1n) is 11.2. The Kier molecular flexibility index (Phi) is 8.71. The summed E-state index contributed by atoms with van der Waals surface area (Å²) in [5.74, 6) is -0.386. The van der Waals surface area contributed by atoms with Crippen LogP contribution in [0.5, 0.6) is 5.75 Å². The van der Waals surface area contributed by atoms with Gasteiger partial charge in [-0.2, -0.15) is 0 Å². The number of benzene rings is 1. The quantitative estimate of drug-likeness (QED) is 0.458. The standard InChI is InChI=1S/C24H31N3O5/c1-2-3-4-5-15-31-20-12-10-18(11-13-20)22(28)25-26-23(29)19-8-6-14-27(17-19)24(30)21-9-7-16-32-21/h7,9-13,16,19H,2-6,8,14-15,17H2,1H3,(H,25,28)(H,26,29)/t19-/m1/s1. The van der Waals surface area contributed by atoms with Gasteiger partial charge in [-0.25, -0.2) is 0 Å². The van der Waals surface area contributed by atoms with Crippen LogP contribution in [0.1, 0.15) is 66.4 Å². The molecule has 0 spiro atoms. The van der Waals surface area contributed by atoms with Crippen LogP contribution in [0.4, 0.5) is 0 Å². The molecule has 3 rings (SSSR count). The zero-order chi connectivity index (χ0) is 22.8. The third kappa shape index (κ3) is 6.60. The first-order valence-corrected chi connectivity index (χ1v) is 11.2. The van der Waals surface area contributed by atoms with E-state index in [9.17, 15) is 14.4 Å². The Bertz CT molecular complexity index is 880. The lowest BCUT2D eigenvalue weighted by atomic mass is 9.97. The van der Waals surface area contributed by atoms with Crippen LogP contribution in [-0.4, -0.2) is 42.3 Å². The number of piperidine rings is 1. The average molecular weight is 442 g/mol. The fourth-order valence-corrected chi connectivity index (χ4v) is 3.65. The maximum absolute atomic E-state index is 12.5. The van der Waals surface area contributed by atoms with Crippen molar-refractivity contribution in [1.29, 1.82) is 0 Å². The number of carbonyl (C=O) groups excluding carboxylic acids is 3. The summed E-state index contributed by atoms with van der Waals surface area (Å²) >= 11 is 0. The van der Waals surface area contributed by atoms with Crippen LogP contribution in [-0.2, 0) is 4.79 Å². The summed E-state index contributed by atoms with van der Waals surface area (Å²) in [6.07, 6.45) is 7.34. The van der Waals surface area contributed by atoms with E-state index < -0.39 is 11.8 Å². The van der Waals surface area contributed by atoms with Crippen molar-refractivity contribution in [1.82, 2.24) is 15.8 Å². The minimum Gasteiger partial charge on any atom is -0.494 e. The summed E-state index contributed by atoms with van der Waals surface area (Å²) in [7, 11) is 0. The molecule has 172 valence electrons. The maximum atomic E-state index is 12.5. The molecule has 2 N–H and O–H groups in total. The second-order valence-corrected chi connectivity index (χ2v) is 7.94. The maximum Gasteiger partial charge on any atom is 0.289 e. The van der Waals surface area contributed by atoms with Crippen molar-refractivity contribution in [3.63, 3.8) is 0 Å². The first-order chi connectivity index (χ1) is 15.6. The van der Waals surface area contributed by atoms with Crippen LogP contribution in [0, 0.1) is 5.92 Å². The van der Waals surface area contributed by atoms with Crippen molar-refractivity contribution in [2.24, 2.45) is 5.92 Å². The van der Waals surface area contributed by atoms with Crippen LogP contribution in [0.3, 0.4) is 0 Å². The Hall–Kier alpha value is -3.29. The SMILES string of the molecule is CCCCCCOc1ccc(C(=O)NNC(=O)[C@@H]2CCCN(C(=O)c3ccco3)C2)cc1. The Morgan fingerprint density at radius 3 is 2.62 bits per heavy atom. The molecule has 0 bridgehead atoms. The minimum absolute atomic E-state index is 0.232. The van der Waals surface area contributed by atoms with E-state index >= 15 is 0 Å². The molecule has 1 aromatic heterocycles. The Morgan fingerprint density at radius 1 is 1.09 bits per heavy atom. The van der Waals surface area contributed by atoms with Gasteiger partial charge in [0.25, 0.3) is 11.8 Å². The number of unbranched alkanes of at least 4 members (excludes halogenated alkanes) is 3. The van der Waals surface area contributed by atoms with E-state index in [1.807, 2.05) is 0 Å². The smallest absolute Gasteiger partial charge is 0.289 e. The average Bonchev–Trinajstić information content (AvgIpc) is 3.37. The second kappa shape index (κ2) is 11.9. The third-order valence-electron chi connectivity index (χ3n) is 5.49. The largest absolute Gasteiger partial charge is 0.494 e. The van der Waals surface area contributed by atoms with Gasteiger partial charge in [-0.3, -0.25) is 25.2 Å². The van der Waals surface area contributed by atoms with Crippen LogP contribution >= 0.6 is 0 Å². The molecular formula is C24H31N3O5. The van der Waals surface area contributed by atoms with Gasteiger partial charge >= 0.3 is 0 Å². The van der Waals surface area contributed by atoms with Crippen molar-refractivity contribution in [3.8, 4) is 5.75 Å². The molecule has 8 nitrogen and oxygen atoms in total. The molecule has 3 amide bonds. The Morgan fingerprint density at radius 2 is 1.91 bits per heavy atom. The van der Waals surface area contributed by atoms with Crippen LogP contribution in [0.25, 0.3) is 0 Å². The molecule has 32 heavy (non-hydrogen) atoms. The third-order valence-corrected chi connectivity index (χ3v) is 5.49. The van der Waals surface area contributed by atoms with Crippen LogP contribution in [0.15, 0.2) is 47.1 Å². The van der Waals surface area contributed by atoms with E-state index in [2.05, 4.69) is 17.8 Å². The van der Waals surface area contributed by atoms with Crippen LogP contribution in [0.2, 0.25) is 0 Å². The zero-order valence-electron chi connectivity index (χ0n) is 18.5. The van der Waals surface area contributed by atoms with Crippen molar-refractivity contribution in [3.05, 3.63) is 54.0 Å². The molecular weight excluding hydrogens is 410 g/mol. The fraction of sp³-hybridized carbons (Fsp3) is 0.458. The molecule has 0 unspecified atom stereocenters. The van der Waals surface area contributed by atoms with Gasteiger partial charge in [0.15, 0.2) is 5.76 Å². The molecule has 0 aliphatic carbocycles. The number of furan rings is 1. The van der Waals surface area contributed by atoms with Gasteiger partial charge in [-0.05, 0) is 55.7 Å². The van der Waals surface area contributed by atoms with Gasteiger partial charge in [0.2, 0.25) is 5.91 Å². The summed E-state index contributed by atoms with van der Waals surface area (Å²) in [6.45, 7) is 3.68. The number of likely N-dealkylation sites (tertiary alicyclic amines) is 1. The Labute approximate surface area is 188 Å². The lowest BCUT2D eigenvalue weighted by Gasteiger charge is -2.31. The highest BCUT2D eigenvalue weighted by molar-refractivity contribution is 5.96. The summed E-state index contributed by atoms with van der Waals surface area (Å²) in [5, 5.41) is 0. The normalized spacial score (nSPS) is 15.8. The number of amides is 3. The van der Waals surface area contributed by atoms with Gasteiger partial charge < -0.3 is 14.1 Å². The molecule has 1 fully saturated rings. The predicted molar refractivity (Wildman–Crippen MR) is 119 cm³/mol. The van der Waals surface area contributed by atoms with Gasteiger partial charge in [-0.15, -0.1) is 0 Å². The highest BCUT2D eigenvalue weighted by Crippen LogP contribution is 2.19. The molecule has 2 heterocycles. The summed E-state index contributed by atoms with van der Waals surface area (Å²) in [4.78, 5) is 38.9. The highest BCUT2D eigenvalue weighted by Gasteiger charge is 2.30. The minimum atomic E-state index is -0.410. The lowest BCUT2D eigenvalue weighted by Crippen LogP contribution is -2.50. The molecule has 1 saturated heterocycles.